The van der Waals surface area contributed by atoms with E-state index in [1.54, 1.807) is 0 Å². The summed E-state index contributed by atoms with van der Waals surface area (Å²) < 4.78 is 13.8. The number of nitrogens with two attached hydrogens (primary N) is 1. The fourth-order valence-corrected chi connectivity index (χ4v) is 3.28. The van der Waals surface area contributed by atoms with Crippen LogP contribution >= 0.6 is 0 Å². The second-order valence-electron chi connectivity index (χ2n) is 6.18. The van der Waals surface area contributed by atoms with E-state index in [0.29, 0.717) is 6.04 Å². The zero-order valence-corrected chi connectivity index (χ0v) is 12.3. The lowest BCUT2D eigenvalue weighted by atomic mass is 9.93. The van der Waals surface area contributed by atoms with E-state index >= 15 is 0 Å². The molecule has 0 bridgehead atoms. The Bertz CT molecular complexity index is 640. The standard InChI is InChI=1S/C17H22N2O2/c18-16-11-19(12-2-1-3-12)17-10-14(4-5-15(16)17)21-13-6-8-20-9-7-13/h4-5,10-13H,1-3,6-9,18H2. The molecule has 2 N–H and O–H groups in total. The molecule has 1 saturated carbocycles. The lowest BCUT2D eigenvalue weighted by Gasteiger charge is -2.28. The van der Waals surface area contributed by atoms with Gasteiger partial charge in [-0.1, -0.05) is 0 Å². The summed E-state index contributed by atoms with van der Waals surface area (Å²) in [5.74, 6) is 0.952. The van der Waals surface area contributed by atoms with Gasteiger partial charge in [0, 0.05) is 36.5 Å². The van der Waals surface area contributed by atoms with Crippen molar-refractivity contribution in [3.8, 4) is 5.75 Å². The first-order valence-corrected chi connectivity index (χ1v) is 7.96. The van der Waals surface area contributed by atoms with Gasteiger partial charge in [0.2, 0.25) is 0 Å². The second-order valence-corrected chi connectivity index (χ2v) is 6.18. The van der Waals surface area contributed by atoms with E-state index in [1.165, 1.54) is 24.8 Å². The van der Waals surface area contributed by atoms with Gasteiger partial charge in [0.1, 0.15) is 11.9 Å². The monoisotopic (exact) mass is 286 g/mol. The molecule has 21 heavy (non-hydrogen) atoms. The molecule has 4 rings (SSSR count). The molecule has 112 valence electrons. The molecule has 0 unspecified atom stereocenters. The predicted molar refractivity (Wildman–Crippen MR) is 83.7 cm³/mol. The van der Waals surface area contributed by atoms with Crippen molar-refractivity contribution in [2.45, 2.75) is 44.2 Å². The normalized spacial score (nSPS) is 20.6. The number of fused-ring (bicyclic) bond motifs is 1. The number of aromatic nitrogens is 1. The summed E-state index contributed by atoms with van der Waals surface area (Å²) in [4.78, 5) is 0. The van der Waals surface area contributed by atoms with Gasteiger partial charge < -0.3 is 19.8 Å². The lowest BCUT2D eigenvalue weighted by Crippen LogP contribution is -2.25. The van der Waals surface area contributed by atoms with E-state index in [2.05, 4.69) is 22.9 Å². The molecule has 2 heterocycles. The summed E-state index contributed by atoms with van der Waals surface area (Å²) in [6.07, 6.45) is 8.16. The van der Waals surface area contributed by atoms with Gasteiger partial charge in [-0.15, -0.1) is 0 Å². The van der Waals surface area contributed by atoms with Crippen LogP contribution in [0.5, 0.6) is 5.75 Å². The van der Waals surface area contributed by atoms with E-state index < -0.39 is 0 Å². The maximum Gasteiger partial charge on any atom is 0.121 e. The fraction of sp³-hybridized carbons (Fsp3) is 0.529. The van der Waals surface area contributed by atoms with Crippen LogP contribution in [0, 0.1) is 0 Å². The average Bonchev–Trinajstić information content (AvgIpc) is 2.75. The zero-order valence-electron chi connectivity index (χ0n) is 12.3. The van der Waals surface area contributed by atoms with Crippen molar-refractivity contribution in [3.05, 3.63) is 24.4 Å². The first-order chi connectivity index (χ1) is 10.3. The molecule has 0 amide bonds. The highest BCUT2D eigenvalue weighted by Crippen LogP contribution is 2.38. The summed E-state index contributed by atoms with van der Waals surface area (Å²) in [7, 11) is 0. The molecule has 2 fully saturated rings. The van der Waals surface area contributed by atoms with Crippen LogP contribution in [0.3, 0.4) is 0 Å². The Kier molecular flexibility index (Phi) is 3.26. The van der Waals surface area contributed by atoms with Gasteiger partial charge in [0.25, 0.3) is 0 Å². The van der Waals surface area contributed by atoms with Crippen LogP contribution < -0.4 is 10.5 Å². The Morgan fingerprint density at radius 3 is 2.67 bits per heavy atom. The van der Waals surface area contributed by atoms with Gasteiger partial charge in [-0.2, -0.15) is 0 Å². The molecule has 1 aromatic heterocycles. The third kappa shape index (κ3) is 2.38. The van der Waals surface area contributed by atoms with Crippen molar-refractivity contribution in [1.82, 2.24) is 4.57 Å². The van der Waals surface area contributed by atoms with Crippen molar-refractivity contribution in [2.24, 2.45) is 0 Å². The SMILES string of the molecule is Nc1cn(C2CCC2)c2cc(OC3CCOCC3)ccc12. The first kappa shape index (κ1) is 13.0. The molecule has 4 nitrogen and oxygen atoms in total. The maximum atomic E-state index is 6.15. The summed E-state index contributed by atoms with van der Waals surface area (Å²) in [5, 5.41) is 1.14. The molecule has 2 aromatic rings. The molecule has 1 aliphatic heterocycles. The van der Waals surface area contributed by atoms with E-state index in [9.17, 15) is 0 Å². The largest absolute Gasteiger partial charge is 0.490 e. The minimum atomic E-state index is 0.278. The molecule has 0 spiro atoms. The number of nitrogens with zero attached hydrogens (tertiary/aromatic N) is 1. The number of hydrogen-bond acceptors (Lipinski definition) is 3. The molecule has 0 atom stereocenters. The van der Waals surface area contributed by atoms with E-state index in [1.807, 2.05) is 6.07 Å². The third-order valence-corrected chi connectivity index (χ3v) is 4.78. The highest BCUT2D eigenvalue weighted by Gasteiger charge is 2.22. The molecular formula is C17H22N2O2. The van der Waals surface area contributed by atoms with Crippen molar-refractivity contribution in [3.63, 3.8) is 0 Å². The smallest absolute Gasteiger partial charge is 0.121 e. The Morgan fingerprint density at radius 1 is 1.14 bits per heavy atom. The van der Waals surface area contributed by atoms with Crippen LogP contribution in [0.1, 0.15) is 38.1 Å². The lowest BCUT2D eigenvalue weighted by molar-refractivity contribution is 0.0256. The number of ether oxygens (including phenoxy) is 2. The first-order valence-electron chi connectivity index (χ1n) is 7.96. The molecule has 0 radical (unpaired) electrons. The quantitative estimate of drug-likeness (QED) is 0.939. The minimum Gasteiger partial charge on any atom is -0.490 e. The molecule has 1 aromatic carbocycles. The van der Waals surface area contributed by atoms with Crippen molar-refractivity contribution in [2.75, 3.05) is 18.9 Å². The molecular weight excluding hydrogens is 264 g/mol. The van der Waals surface area contributed by atoms with Gasteiger partial charge >= 0.3 is 0 Å². The van der Waals surface area contributed by atoms with Crippen molar-refractivity contribution < 1.29 is 9.47 Å². The van der Waals surface area contributed by atoms with Crippen LogP contribution in [-0.2, 0) is 4.74 Å². The second kappa shape index (κ2) is 5.26. The van der Waals surface area contributed by atoms with Gasteiger partial charge in [-0.05, 0) is 31.4 Å². The molecule has 4 heteroatoms. The summed E-state index contributed by atoms with van der Waals surface area (Å²) in [5.41, 5.74) is 8.23. The van der Waals surface area contributed by atoms with Crippen LogP contribution in [0.15, 0.2) is 24.4 Å². The molecule has 2 aliphatic rings. The topological polar surface area (TPSA) is 49.4 Å². The Balaban J connectivity index is 1.64. The number of anilines is 1. The Hall–Kier alpha value is -1.68. The number of nitrogen functional groups attached to an aromatic ring is 1. The summed E-state index contributed by atoms with van der Waals surface area (Å²) >= 11 is 0. The Morgan fingerprint density at radius 2 is 1.95 bits per heavy atom. The van der Waals surface area contributed by atoms with Gasteiger partial charge in [-0.25, -0.2) is 0 Å². The van der Waals surface area contributed by atoms with Gasteiger partial charge in [-0.3, -0.25) is 0 Å². The highest BCUT2D eigenvalue weighted by molar-refractivity contribution is 5.92. The minimum absolute atomic E-state index is 0.278. The fourth-order valence-electron chi connectivity index (χ4n) is 3.28. The number of hydrogen-bond donors (Lipinski definition) is 1. The van der Waals surface area contributed by atoms with E-state index in [4.69, 9.17) is 15.2 Å². The maximum absolute atomic E-state index is 6.15. The molecule has 1 aliphatic carbocycles. The summed E-state index contributed by atoms with van der Waals surface area (Å²) in [6, 6.07) is 6.90. The summed E-state index contributed by atoms with van der Waals surface area (Å²) in [6.45, 7) is 1.61. The number of benzene rings is 1. The van der Waals surface area contributed by atoms with Crippen LogP contribution in [0.25, 0.3) is 10.9 Å². The average molecular weight is 286 g/mol. The van der Waals surface area contributed by atoms with Gasteiger partial charge in [0.15, 0.2) is 0 Å². The number of rotatable bonds is 3. The highest BCUT2D eigenvalue weighted by atomic mass is 16.5. The third-order valence-electron chi connectivity index (χ3n) is 4.78. The van der Waals surface area contributed by atoms with E-state index in [0.717, 1.165) is 42.9 Å². The predicted octanol–water partition coefficient (Wildman–Crippen LogP) is 3.51. The van der Waals surface area contributed by atoms with Gasteiger partial charge in [0.05, 0.1) is 24.4 Å². The zero-order chi connectivity index (χ0) is 14.2. The van der Waals surface area contributed by atoms with Crippen LogP contribution in [0.2, 0.25) is 0 Å². The van der Waals surface area contributed by atoms with Crippen LogP contribution in [-0.4, -0.2) is 23.9 Å². The Labute approximate surface area is 124 Å². The van der Waals surface area contributed by atoms with Crippen molar-refractivity contribution in [1.29, 1.82) is 0 Å². The van der Waals surface area contributed by atoms with E-state index in [-0.39, 0.29) is 6.10 Å². The van der Waals surface area contributed by atoms with Crippen LogP contribution in [0.4, 0.5) is 5.69 Å². The molecule has 1 saturated heterocycles. The van der Waals surface area contributed by atoms with Crippen molar-refractivity contribution >= 4 is 16.6 Å².